The number of nitrogens with one attached hydrogen (secondary N) is 1. The molecule has 2 N–H and O–H groups in total. The van der Waals surface area contributed by atoms with E-state index < -0.39 is 0 Å². The van der Waals surface area contributed by atoms with E-state index in [1.54, 1.807) is 6.20 Å². The predicted octanol–water partition coefficient (Wildman–Crippen LogP) is 1.34. The molecule has 17 heavy (non-hydrogen) atoms. The Balaban J connectivity index is 1.97. The highest BCUT2D eigenvalue weighted by molar-refractivity contribution is 5.61. The van der Waals surface area contributed by atoms with Gasteiger partial charge in [-0.1, -0.05) is 0 Å². The van der Waals surface area contributed by atoms with E-state index in [0.29, 0.717) is 24.7 Å². The molecule has 1 aromatic carbocycles. The van der Waals surface area contributed by atoms with Crippen LogP contribution in [-0.4, -0.2) is 28.3 Å². The second-order valence-electron chi connectivity index (χ2n) is 3.77. The summed E-state index contributed by atoms with van der Waals surface area (Å²) in [5.74, 6) is 2.20. The molecular formula is C12H12N2O3. The fourth-order valence-electron chi connectivity index (χ4n) is 1.78. The van der Waals surface area contributed by atoms with Gasteiger partial charge in [0.05, 0.1) is 18.5 Å². The fourth-order valence-corrected chi connectivity index (χ4v) is 1.78. The van der Waals surface area contributed by atoms with Crippen LogP contribution in [0, 0.1) is 0 Å². The summed E-state index contributed by atoms with van der Waals surface area (Å²) in [6, 6.07) is 5.66. The van der Waals surface area contributed by atoms with Crippen LogP contribution in [0.1, 0.15) is 5.69 Å². The molecule has 2 aromatic rings. The van der Waals surface area contributed by atoms with Gasteiger partial charge in [-0.25, -0.2) is 4.98 Å². The minimum absolute atomic E-state index is 0.0441. The number of aliphatic hydroxyl groups is 1. The van der Waals surface area contributed by atoms with Gasteiger partial charge in [0.15, 0.2) is 11.5 Å². The first kappa shape index (κ1) is 10.2. The van der Waals surface area contributed by atoms with Crippen molar-refractivity contribution in [1.82, 2.24) is 9.97 Å². The lowest BCUT2D eigenvalue weighted by atomic mass is 10.2. The Labute approximate surface area is 98.0 Å². The number of hydrogen-bond donors (Lipinski definition) is 2. The standard InChI is InChI=1S/C12H12N2O3/c15-7-9-6-13-12(14-9)8-1-2-10-11(5-8)17-4-3-16-10/h1-2,5-6,15H,3-4,7H2,(H,13,14). The van der Waals surface area contributed by atoms with E-state index in [1.165, 1.54) is 0 Å². The first-order valence-corrected chi connectivity index (χ1v) is 5.41. The van der Waals surface area contributed by atoms with Crippen molar-refractivity contribution in [2.75, 3.05) is 13.2 Å². The predicted molar refractivity (Wildman–Crippen MR) is 60.9 cm³/mol. The van der Waals surface area contributed by atoms with Gasteiger partial charge in [0.1, 0.15) is 19.0 Å². The smallest absolute Gasteiger partial charge is 0.162 e. The van der Waals surface area contributed by atoms with Crippen molar-refractivity contribution >= 4 is 0 Å². The number of H-pyrrole nitrogens is 1. The molecule has 0 amide bonds. The van der Waals surface area contributed by atoms with Crippen molar-refractivity contribution in [3.63, 3.8) is 0 Å². The lowest BCUT2D eigenvalue weighted by molar-refractivity contribution is 0.171. The Morgan fingerprint density at radius 3 is 2.82 bits per heavy atom. The lowest BCUT2D eigenvalue weighted by Gasteiger charge is -2.18. The monoisotopic (exact) mass is 232 g/mol. The Bertz CT molecular complexity index is 536. The quantitative estimate of drug-likeness (QED) is 0.820. The van der Waals surface area contributed by atoms with Crippen LogP contribution in [0.3, 0.4) is 0 Å². The first-order chi connectivity index (χ1) is 8.36. The third kappa shape index (κ3) is 1.85. The van der Waals surface area contributed by atoms with Crippen LogP contribution < -0.4 is 9.47 Å². The Morgan fingerprint density at radius 2 is 2.06 bits per heavy atom. The summed E-state index contributed by atoms with van der Waals surface area (Å²) in [6.07, 6.45) is 1.62. The largest absolute Gasteiger partial charge is 0.486 e. The van der Waals surface area contributed by atoms with Crippen LogP contribution in [-0.2, 0) is 6.61 Å². The van der Waals surface area contributed by atoms with E-state index in [0.717, 1.165) is 17.1 Å². The average Bonchev–Trinajstić information content (AvgIpc) is 2.87. The summed E-state index contributed by atoms with van der Waals surface area (Å²) in [5, 5.41) is 8.97. The Morgan fingerprint density at radius 1 is 1.24 bits per heavy atom. The molecule has 0 bridgehead atoms. The second kappa shape index (κ2) is 4.10. The Kier molecular flexibility index (Phi) is 2.45. The van der Waals surface area contributed by atoms with Crippen molar-refractivity contribution in [2.45, 2.75) is 6.61 Å². The highest BCUT2D eigenvalue weighted by atomic mass is 16.6. The zero-order valence-electron chi connectivity index (χ0n) is 9.14. The molecule has 0 unspecified atom stereocenters. The highest BCUT2D eigenvalue weighted by Gasteiger charge is 2.13. The molecule has 0 aliphatic carbocycles. The lowest BCUT2D eigenvalue weighted by Crippen LogP contribution is -2.15. The second-order valence-corrected chi connectivity index (χ2v) is 3.77. The molecule has 2 heterocycles. The van der Waals surface area contributed by atoms with Gasteiger partial charge in [-0.05, 0) is 18.2 Å². The summed E-state index contributed by atoms with van der Waals surface area (Å²) < 4.78 is 10.9. The topological polar surface area (TPSA) is 67.4 Å². The fraction of sp³-hybridized carbons (Fsp3) is 0.250. The number of aliphatic hydroxyl groups excluding tert-OH is 1. The van der Waals surface area contributed by atoms with Gasteiger partial charge in [-0.15, -0.1) is 0 Å². The van der Waals surface area contributed by atoms with Crippen LogP contribution in [0.5, 0.6) is 11.5 Å². The van der Waals surface area contributed by atoms with Crippen LogP contribution in [0.25, 0.3) is 11.4 Å². The summed E-state index contributed by atoms with van der Waals surface area (Å²) in [4.78, 5) is 7.22. The number of hydrogen-bond acceptors (Lipinski definition) is 4. The summed E-state index contributed by atoms with van der Waals surface area (Å²) in [5.41, 5.74) is 1.60. The minimum Gasteiger partial charge on any atom is -0.486 e. The number of imidazole rings is 1. The summed E-state index contributed by atoms with van der Waals surface area (Å²) >= 11 is 0. The molecule has 0 saturated heterocycles. The molecular weight excluding hydrogens is 220 g/mol. The molecule has 1 aliphatic heterocycles. The van der Waals surface area contributed by atoms with Gasteiger partial charge in [0.25, 0.3) is 0 Å². The zero-order chi connectivity index (χ0) is 11.7. The number of benzene rings is 1. The molecule has 0 fully saturated rings. The maximum atomic E-state index is 8.97. The molecule has 0 saturated carbocycles. The van der Waals surface area contributed by atoms with Gasteiger partial charge in [-0.2, -0.15) is 0 Å². The van der Waals surface area contributed by atoms with Gasteiger partial charge < -0.3 is 19.6 Å². The average molecular weight is 232 g/mol. The third-order valence-corrected chi connectivity index (χ3v) is 2.61. The highest BCUT2D eigenvalue weighted by Crippen LogP contribution is 2.33. The molecule has 0 radical (unpaired) electrons. The van der Waals surface area contributed by atoms with Gasteiger partial charge in [0.2, 0.25) is 0 Å². The van der Waals surface area contributed by atoms with E-state index in [9.17, 15) is 0 Å². The molecule has 1 aromatic heterocycles. The third-order valence-electron chi connectivity index (χ3n) is 2.61. The van der Waals surface area contributed by atoms with E-state index in [4.69, 9.17) is 14.6 Å². The molecule has 5 nitrogen and oxygen atoms in total. The summed E-state index contributed by atoms with van der Waals surface area (Å²) in [6.45, 7) is 1.11. The SMILES string of the molecule is OCc1cnc(-c2ccc3c(c2)OCCO3)[nH]1. The van der Waals surface area contributed by atoms with Gasteiger partial charge in [-0.3, -0.25) is 0 Å². The van der Waals surface area contributed by atoms with Crippen LogP contribution in [0.15, 0.2) is 24.4 Å². The zero-order valence-corrected chi connectivity index (χ0v) is 9.14. The first-order valence-electron chi connectivity index (χ1n) is 5.41. The van der Waals surface area contributed by atoms with Gasteiger partial charge in [0, 0.05) is 5.56 Å². The minimum atomic E-state index is -0.0441. The van der Waals surface area contributed by atoms with Gasteiger partial charge >= 0.3 is 0 Å². The Hall–Kier alpha value is -2.01. The van der Waals surface area contributed by atoms with Crippen molar-refractivity contribution in [1.29, 1.82) is 0 Å². The molecule has 0 atom stereocenters. The summed E-state index contributed by atoms with van der Waals surface area (Å²) in [7, 11) is 0. The van der Waals surface area contributed by atoms with E-state index in [-0.39, 0.29) is 6.61 Å². The van der Waals surface area contributed by atoms with Crippen LogP contribution in [0.2, 0.25) is 0 Å². The van der Waals surface area contributed by atoms with Crippen molar-refractivity contribution in [3.05, 3.63) is 30.1 Å². The van der Waals surface area contributed by atoms with Crippen LogP contribution in [0.4, 0.5) is 0 Å². The number of ether oxygens (including phenoxy) is 2. The van der Waals surface area contributed by atoms with Crippen molar-refractivity contribution < 1.29 is 14.6 Å². The number of aromatic nitrogens is 2. The van der Waals surface area contributed by atoms with E-state index in [1.807, 2.05) is 18.2 Å². The number of rotatable bonds is 2. The van der Waals surface area contributed by atoms with Crippen molar-refractivity contribution in [2.24, 2.45) is 0 Å². The van der Waals surface area contributed by atoms with Crippen LogP contribution >= 0.6 is 0 Å². The van der Waals surface area contributed by atoms with Crippen molar-refractivity contribution in [3.8, 4) is 22.9 Å². The molecule has 88 valence electrons. The maximum Gasteiger partial charge on any atom is 0.162 e. The van der Waals surface area contributed by atoms with E-state index >= 15 is 0 Å². The maximum absolute atomic E-state index is 8.97. The molecule has 3 rings (SSSR count). The molecule has 5 heteroatoms. The number of nitrogens with zero attached hydrogens (tertiary/aromatic N) is 1. The normalized spacial score (nSPS) is 13.7. The molecule has 0 spiro atoms. The number of aromatic amines is 1. The number of fused-ring (bicyclic) bond motifs is 1. The van der Waals surface area contributed by atoms with E-state index in [2.05, 4.69) is 9.97 Å². The molecule has 1 aliphatic rings.